The smallest absolute Gasteiger partial charge is 0.0167 e. The van der Waals surface area contributed by atoms with Crippen LogP contribution in [0.5, 0.6) is 0 Å². The summed E-state index contributed by atoms with van der Waals surface area (Å²) in [5.74, 6) is 1.01. The summed E-state index contributed by atoms with van der Waals surface area (Å²) in [5, 5.41) is 3.51. The third kappa shape index (κ3) is 2.96. The van der Waals surface area contributed by atoms with Crippen LogP contribution >= 0.6 is 0 Å². The largest absolute Gasteiger partial charge is 0.312 e. The van der Waals surface area contributed by atoms with Gasteiger partial charge in [0.05, 0.1) is 0 Å². The molecule has 0 bridgehead atoms. The summed E-state index contributed by atoms with van der Waals surface area (Å²) in [7, 11) is 0. The van der Waals surface area contributed by atoms with Gasteiger partial charge in [-0.2, -0.15) is 0 Å². The van der Waals surface area contributed by atoms with Crippen LogP contribution in [0.2, 0.25) is 0 Å². The van der Waals surface area contributed by atoms with Gasteiger partial charge < -0.3 is 10.2 Å². The highest BCUT2D eigenvalue weighted by molar-refractivity contribution is 4.78. The minimum atomic E-state index is 0.701. The van der Waals surface area contributed by atoms with Gasteiger partial charge in [0.15, 0.2) is 0 Å². The van der Waals surface area contributed by atoms with Crippen molar-refractivity contribution in [1.82, 2.24) is 10.2 Å². The molecule has 0 amide bonds. The minimum absolute atomic E-state index is 0.701. The molecular formula is C12H24N2. The normalized spacial score (nSPS) is 31.9. The fourth-order valence-electron chi connectivity index (χ4n) is 2.91. The van der Waals surface area contributed by atoms with Gasteiger partial charge in [0.1, 0.15) is 0 Å². The van der Waals surface area contributed by atoms with Gasteiger partial charge in [-0.1, -0.05) is 19.3 Å². The highest BCUT2D eigenvalue weighted by atomic mass is 15.2. The standard InChI is InChI=1S/C12H24N2/c1-11-9-14(8-7-13-11)10-12-5-3-2-4-6-12/h11-13H,2-10H2,1H3/t11-/m0/s1. The van der Waals surface area contributed by atoms with E-state index in [2.05, 4.69) is 17.1 Å². The maximum absolute atomic E-state index is 3.51. The highest BCUT2D eigenvalue weighted by Crippen LogP contribution is 2.24. The molecule has 0 aromatic heterocycles. The van der Waals surface area contributed by atoms with E-state index in [9.17, 15) is 0 Å². The van der Waals surface area contributed by atoms with Crippen LogP contribution in [0.4, 0.5) is 0 Å². The molecule has 2 nitrogen and oxygen atoms in total. The highest BCUT2D eigenvalue weighted by Gasteiger charge is 2.20. The average Bonchev–Trinajstić information content (AvgIpc) is 2.19. The second-order valence-corrected chi connectivity index (χ2v) is 5.12. The lowest BCUT2D eigenvalue weighted by molar-refractivity contribution is 0.161. The van der Waals surface area contributed by atoms with Crippen molar-refractivity contribution < 1.29 is 0 Å². The minimum Gasteiger partial charge on any atom is -0.312 e. The maximum Gasteiger partial charge on any atom is 0.0167 e. The third-order valence-electron chi connectivity index (χ3n) is 3.69. The van der Waals surface area contributed by atoms with Crippen molar-refractivity contribution in [2.24, 2.45) is 5.92 Å². The Morgan fingerprint density at radius 1 is 1.21 bits per heavy atom. The van der Waals surface area contributed by atoms with Crippen LogP contribution in [0.3, 0.4) is 0 Å². The van der Waals surface area contributed by atoms with Gasteiger partial charge in [0.2, 0.25) is 0 Å². The van der Waals surface area contributed by atoms with E-state index < -0.39 is 0 Å². The fraction of sp³-hybridized carbons (Fsp3) is 1.00. The molecule has 82 valence electrons. The summed E-state index contributed by atoms with van der Waals surface area (Å²) in [6.45, 7) is 7.38. The van der Waals surface area contributed by atoms with Gasteiger partial charge in [0.25, 0.3) is 0 Å². The molecule has 1 aliphatic carbocycles. The van der Waals surface area contributed by atoms with Gasteiger partial charge in [-0.15, -0.1) is 0 Å². The van der Waals surface area contributed by atoms with E-state index in [0.29, 0.717) is 6.04 Å². The molecule has 1 aliphatic heterocycles. The molecule has 2 fully saturated rings. The average molecular weight is 196 g/mol. The lowest BCUT2D eigenvalue weighted by atomic mass is 9.89. The SMILES string of the molecule is C[C@H]1CN(CC2CCCCC2)CCN1. The number of nitrogens with one attached hydrogen (secondary N) is 1. The Balaban J connectivity index is 1.72. The lowest BCUT2D eigenvalue weighted by Crippen LogP contribution is -2.50. The van der Waals surface area contributed by atoms with Crippen LogP contribution < -0.4 is 5.32 Å². The molecule has 1 N–H and O–H groups in total. The zero-order valence-corrected chi connectivity index (χ0v) is 9.47. The molecule has 14 heavy (non-hydrogen) atoms. The van der Waals surface area contributed by atoms with Crippen molar-refractivity contribution >= 4 is 0 Å². The Bertz CT molecular complexity index is 164. The van der Waals surface area contributed by atoms with E-state index in [0.717, 1.165) is 5.92 Å². The van der Waals surface area contributed by atoms with Gasteiger partial charge in [0, 0.05) is 32.2 Å². The molecule has 2 rings (SSSR count). The zero-order chi connectivity index (χ0) is 9.80. The summed E-state index contributed by atoms with van der Waals surface area (Å²) < 4.78 is 0. The molecule has 1 heterocycles. The van der Waals surface area contributed by atoms with Crippen LogP contribution in [0.25, 0.3) is 0 Å². The van der Waals surface area contributed by atoms with Crippen molar-refractivity contribution in [3.63, 3.8) is 0 Å². The topological polar surface area (TPSA) is 15.3 Å². The predicted molar refractivity (Wildman–Crippen MR) is 60.5 cm³/mol. The molecule has 0 radical (unpaired) electrons. The second kappa shape index (κ2) is 5.13. The Hall–Kier alpha value is -0.0800. The molecule has 0 aromatic rings. The number of hydrogen-bond donors (Lipinski definition) is 1. The van der Waals surface area contributed by atoms with E-state index in [1.54, 1.807) is 0 Å². The zero-order valence-electron chi connectivity index (χ0n) is 9.47. The Kier molecular flexibility index (Phi) is 3.82. The van der Waals surface area contributed by atoms with Crippen LogP contribution in [-0.2, 0) is 0 Å². The molecule has 2 heteroatoms. The van der Waals surface area contributed by atoms with Crippen LogP contribution in [-0.4, -0.2) is 37.1 Å². The van der Waals surface area contributed by atoms with Gasteiger partial charge >= 0.3 is 0 Å². The number of nitrogens with zero attached hydrogens (tertiary/aromatic N) is 1. The van der Waals surface area contributed by atoms with E-state index >= 15 is 0 Å². The van der Waals surface area contributed by atoms with Crippen molar-refractivity contribution in [3.8, 4) is 0 Å². The Labute approximate surface area is 88.1 Å². The first-order valence-corrected chi connectivity index (χ1v) is 6.30. The van der Waals surface area contributed by atoms with Crippen LogP contribution in [0.1, 0.15) is 39.0 Å². The maximum atomic E-state index is 3.51. The van der Waals surface area contributed by atoms with Crippen molar-refractivity contribution in [3.05, 3.63) is 0 Å². The first kappa shape index (κ1) is 10.4. The van der Waals surface area contributed by atoms with Crippen molar-refractivity contribution in [2.45, 2.75) is 45.1 Å². The molecule has 1 saturated carbocycles. The van der Waals surface area contributed by atoms with Gasteiger partial charge in [-0.25, -0.2) is 0 Å². The number of hydrogen-bond acceptors (Lipinski definition) is 2. The fourth-order valence-corrected chi connectivity index (χ4v) is 2.91. The quantitative estimate of drug-likeness (QED) is 0.725. The molecule has 0 spiro atoms. The number of piperazine rings is 1. The summed E-state index contributed by atoms with van der Waals surface area (Å²) in [4.78, 5) is 2.66. The summed E-state index contributed by atoms with van der Waals surface area (Å²) in [5.41, 5.74) is 0. The molecule has 1 saturated heterocycles. The molecular weight excluding hydrogens is 172 g/mol. The van der Waals surface area contributed by atoms with Crippen molar-refractivity contribution in [1.29, 1.82) is 0 Å². The Morgan fingerprint density at radius 2 is 2.00 bits per heavy atom. The van der Waals surface area contributed by atoms with Crippen LogP contribution in [0.15, 0.2) is 0 Å². The van der Waals surface area contributed by atoms with Crippen molar-refractivity contribution in [2.75, 3.05) is 26.2 Å². The van der Waals surface area contributed by atoms with E-state index in [1.165, 1.54) is 58.3 Å². The first-order chi connectivity index (χ1) is 6.84. The predicted octanol–water partition coefficient (Wildman–Crippen LogP) is 1.86. The summed E-state index contributed by atoms with van der Waals surface area (Å²) in [6.07, 6.45) is 7.41. The molecule has 2 aliphatic rings. The second-order valence-electron chi connectivity index (χ2n) is 5.12. The van der Waals surface area contributed by atoms with E-state index in [-0.39, 0.29) is 0 Å². The summed E-state index contributed by atoms with van der Waals surface area (Å²) in [6, 6.07) is 0.701. The third-order valence-corrected chi connectivity index (χ3v) is 3.69. The summed E-state index contributed by atoms with van der Waals surface area (Å²) >= 11 is 0. The first-order valence-electron chi connectivity index (χ1n) is 6.30. The Morgan fingerprint density at radius 3 is 2.71 bits per heavy atom. The molecule has 1 atom stereocenters. The molecule has 0 aromatic carbocycles. The van der Waals surface area contributed by atoms with Gasteiger partial charge in [-0.3, -0.25) is 0 Å². The van der Waals surface area contributed by atoms with E-state index in [4.69, 9.17) is 0 Å². The van der Waals surface area contributed by atoms with E-state index in [1.807, 2.05) is 0 Å². The number of rotatable bonds is 2. The molecule has 0 unspecified atom stereocenters. The van der Waals surface area contributed by atoms with Crippen LogP contribution in [0, 0.1) is 5.92 Å². The lowest BCUT2D eigenvalue weighted by Gasteiger charge is -2.35. The monoisotopic (exact) mass is 196 g/mol. The van der Waals surface area contributed by atoms with Gasteiger partial charge in [-0.05, 0) is 25.7 Å².